The summed E-state index contributed by atoms with van der Waals surface area (Å²) in [5.74, 6) is 0. The Bertz CT molecular complexity index is 676. The van der Waals surface area contributed by atoms with Crippen LogP contribution in [0.25, 0.3) is 10.9 Å². The van der Waals surface area contributed by atoms with Crippen LogP contribution >= 0.6 is 23.2 Å². The van der Waals surface area contributed by atoms with Gasteiger partial charge in [0.15, 0.2) is 0 Å². The molecule has 112 valence electrons. The molecule has 3 heterocycles. The van der Waals surface area contributed by atoms with Gasteiger partial charge >= 0.3 is 0 Å². The van der Waals surface area contributed by atoms with E-state index in [2.05, 4.69) is 16.8 Å². The Kier molecular flexibility index (Phi) is 3.42. The van der Waals surface area contributed by atoms with Crippen molar-refractivity contribution in [2.45, 2.75) is 30.9 Å². The molecule has 1 aromatic heterocycles. The zero-order chi connectivity index (χ0) is 14.4. The van der Waals surface area contributed by atoms with E-state index in [1.54, 1.807) is 6.07 Å². The Morgan fingerprint density at radius 2 is 2.14 bits per heavy atom. The summed E-state index contributed by atoms with van der Waals surface area (Å²) in [6.07, 6.45) is 5.10. The molecule has 0 N–H and O–H groups in total. The van der Waals surface area contributed by atoms with Gasteiger partial charge in [0, 0.05) is 42.3 Å². The first-order chi connectivity index (χ1) is 10.2. The number of hydrogen-bond acceptors (Lipinski definition) is 2. The molecule has 2 fully saturated rings. The van der Waals surface area contributed by atoms with Crippen molar-refractivity contribution in [3.05, 3.63) is 34.4 Å². The molecule has 2 aliphatic rings. The predicted octanol–water partition coefficient (Wildman–Crippen LogP) is 4.46. The van der Waals surface area contributed by atoms with Crippen LogP contribution in [-0.4, -0.2) is 30.0 Å². The summed E-state index contributed by atoms with van der Waals surface area (Å²) in [6, 6.07) is 6.27. The first kappa shape index (κ1) is 13.9. The molecule has 21 heavy (non-hydrogen) atoms. The normalized spacial score (nSPS) is 29.5. The highest BCUT2D eigenvalue weighted by Crippen LogP contribution is 2.40. The number of ether oxygens (including phenoxy) is 2. The second-order valence-corrected chi connectivity index (χ2v) is 6.87. The van der Waals surface area contributed by atoms with Crippen LogP contribution in [0.4, 0.5) is 0 Å². The van der Waals surface area contributed by atoms with Crippen molar-refractivity contribution in [1.29, 1.82) is 0 Å². The van der Waals surface area contributed by atoms with Gasteiger partial charge in [-0.1, -0.05) is 23.2 Å². The highest BCUT2D eigenvalue weighted by molar-refractivity contribution is 6.38. The summed E-state index contributed by atoms with van der Waals surface area (Å²) in [5, 5.41) is 2.45. The van der Waals surface area contributed by atoms with Crippen molar-refractivity contribution < 1.29 is 9.47 Å². The lowest BCUT2D eigenvalue weighted by Gasteiger charge is -2.38. The average molecular weight is 326 g/mol. The Morgan fingerprint density at radius 1 is 1.24 bits per heavy atom. The Balaban J connectivity index is 1.73. The van der Waals surface area contributed by atoms with Crippen molar-refractivity contribution in [1.82, 2.24) is 4.57 Å². The van der Waals surface area contributed by atoms with Crippen LogP contribution < -0.4 is 0 Å². The largest absolute Gasteiger partial charge is 0.378 e. The number of hydrogen-bond donors (Lipinski definition) is 0. The molecule has 1 spiro atoms. The quantitative estimate of drug-likeness (QED) is 0.772. The molecule has 0 amide bonds. The molecule has 2 aromatic rings. The molecular formula is C16H17Cl2NO2. The third-order valence-corrected chi connectivity index (χ3v) is 5.21. The molecule has 2 atom stereocenters. The maximum absolute atomic E-state index is 6.29. The number of halogens is 2. The molecule has 3 nitrogen and oxygen atoms in total. The summed E-state index contributed by atoms with van der Waals surface area (Å²) < 4.78 is 13.9. The van der Waals surface area contributed by atoms with Gasteiger partial charge in [0.1, 0.15) is 0 Å². The molecule has 2 saturated heterocycles. The Labute approximate surface area is 133 Å². The lowest BCUT2D eigenvalue weighted by molar-refractivity contribution is -0.0943. The standard InChI is InChI=1S/C16H17Cl2NO2/c17-11-7-14(18)13-1-4-19(15(13)8-11)12-2-5-21-16(9-12)3-6-20-10-16/h1,4,7-8,12H,2-3,5-6,9-10H2. The van der Waals surface area contributed by atoms with E-state index < -0.39 is 0 Å². The third-order valence-electron chi connectivity index (χ3n) is 4.68. The van der Waals surface area contributed by atoms with Gasteiger partial charge in [0.2, 0.25) is 0 Å². The minimum Gasteiger partial charge on any atom is -0.378 e. The fourth-order valence-corrected chi connectivity index (χ4v) is 4.15. The van der Waals surface area contributed by atoms with E-state index >= 15 is 0 Å². The van der Waals surface area contributed by atoms with Gasteiger partial charge in [-0.05, 0) is 31.0 Å². The van der Waals surface area contributed by atoms with E-state index in [1.165, 1.54) is 0 Å². The van der Waals surface area contributed by atoms with Crippen LogP contribution in [-0.2, 0) is 9.47 Å². The van der Waals surface area contributed by atoms with E-state index in [0.717, 1.165) is 43.4 Å². The number of aromatic nitrogens is 1. The van der Waals surface area contributed by atoms with E-state index in [4.69, 9.17) is 32.7 Å². The van der Waals surface area contributed by atoms with Crippen LogP contribution in [0.3, 0.4) is 0 Å². The van der Waals surface area contributed by atoms with Crippen molar-refractivity contribution >= 4 is 34.1 Å². The van der Waals surface area contributed by atoms with Crippen LogP contribution in [0.5, 0.6) is 0 Å². The molecule has 1 aromatic carbocycles. The Morgan fingerprint density at radius 3 is 2.95 bits per heavy atom. The monoisotopic (exact) mass is 325 g/mol. The van der Waals surface area contributed by atoms with Gasteiger partial charge in [0.25, 0.3) is 0 Å². The molecule has 4 rings (SSSR count). The lowest BCUT2D eigenvalue weighted by Crippen LogP contribution is -2.40. The molecule has 0 bridgehead atoms. The van der Waals surface area contributed by atoms with Gasteiger partial charge in [-0.3, -0.25) is 0 Å². The fraction of sp³-hybridized carbons (Fsp3) is 0.500. The lowest BCUT2D eigenvalue weighted by atomic mass is 9.89. The molecule has 2 aliphatic heterocycles. The highest BCUT2D eigenvalue weighted by atomic mass is 35.5. The van der Waals surface area contributed by atoms with Gasteiger partial charge < -0.3 is 14.0 Å². The molecule has 2 unspecified atom stereocenters. The summed E-state index contributed by atoms with van der Waals surface area (Å²) in [5.41, 5.74) is 1.01. The summed E-state index contributed by atoms with van der Waals surface area (Å²) in [4.78, 5) is 0. The van der Waals surface area contributed by atoms with Gasteiger partial charge in [0.05, 0.1) is 22.7 Å². The molecule has 0 aliphatic carbocycles. The van der Waals surface area contributed by atoms with Gasteiger partial charge in [-0.25, -0.2) is 0 Å². The van der Waals surface area contributed by atoms with E-state index in [1.807, 2.05) is 6.07 Å². The number of rotatable bonds is 1. The Hall–Kier alpha value is -0.740. The second-order valence-electron chi connectivity index (χ2n) is 6.02. The van der Waals surface area contributed by atoms with Crippen molar-refractivity contribution in [2.75, 3.05) is 19.8 Å². The average Bonchev–Trinajstić information content (AvgIpc) is 3.06. The maximum Gasteiger partial charge on any atom is 0.0956 e. The summed E-state index contributed by atoms with van der Waals surface area (Å²) >= 11 is 12.5. The number of benzene rings is 1. The van der Waals surface area contributed by atoms with Gasteiger partial charge in [-0.2, -0.15) is 0 Å². The van der Waals surface area contributed by atoms with Crippen molar-refractivity contribution in [3.63, 3.8) is 0 Å². The van der Waals surface area contributed by atoms with Crippen LogP contribution in [0, 0.1) is 0 Å². The maximum atomic E-state index is 6.29. The summed E-state index contributed by atoms with van der Waals surface area (Å²) in [7, 11) is 0. The minimum atomic E-state index is -0.0954. The number of nitrogens with zero attached hydrogens (tertiary/aromatic N) is 1. The number of fused-ring (bicyclic) bond motifs is 1. The minimum absolute atomic E-state index is 0.0954. The van der Waals surface area contributed by atoms with Gasteiger partial charge in [-0.15, -0.1) is 0 Å². The van der Waals surface area contributed by atoms with E-state index in [9.17, 15) is 0 Å². The highest BCUT2D eigenvalue weighted by Gasteiger charge is 2.41. The summed E-state index contributed by atoms with van der Waals surface area (Å²) in [6.45, 7) is 2.29. The fourth-order valence-electron chi connectivity index (χ4n) is 3.61. The molecule has 0 saturated carbocycles. The molecular weight excluding hydrogens is 309 g/mol. The third kappa shape index (κ3) is 2.36. The smallest absolute Gasteiger partial charge is 0.0956 e. The first-order valence-corrected chi connectivity index (χ1v) is 8.10. The van der Waals surface area contributed by atoms with Crippen LogP contribution in [0.1, 0.15) is 25.3 Å². The molecule has 5 heteroatoms. The van der Waals surface area contributed by atoms with Crippen LogP contribution in [0.2, 0.25) is 10.0 Å². The topological polar surface area (TPSA) is 23.4 Å². The zero-order valence-corrected chi connectivity index (χ0v) is 13.2. The SMILES string of the molecule is Clc1cc(Cl)c2ccn(C3CCOC4(CCOC4)C3)c2c1. The first-order valence-electron chi connectivity index (χ1n) is 7.34. The van der Waals surface area contributed by atoms with E-state index in [-0.39, 0.29) is 5.60 Å². The van der Waals surface area contributed by atoms with E-state index in [0.29, 0.717) is 22.7 Å². The van der Waals surface area contributed by atoms with Crippen molar-refractivity contribution in [3.8, 4) is 0 Å². The second kappa shape index (κ2) is 5.17. The predicted molar refractivity (Wildman–Crippen MR) is 84.3 cm³/mol. The zero-order valence-electron chi connectivity index (χ0n) is 11.6. The van der Waals surface area contributed by atoms with Crippen molar-refractivity contribution in [2.24, 2.45) is 0 Å². The van der Waals surface area contributed by atoms with Crippen LogP contribution in [0.15, 0.2) is 24.4 Å². The molecule has 0 radical (unpaired) electrons.